The van der Waals surface area contributed by atoms with E-state index in [1.54, 1.807) is 0 Å². The van der Waals surface area contributed by atoms with Crippen LogP contribution in [-0.4, -0.2) is 48.9 Å². The summed E-state index contributed by atoms with van der Waals surface area (Å²) in [5.74, 6) is -3.97. The number of esters is 1. The largest absolute Gasteiger partial charge is 0.743 e. The van der Waals surface area contributed by atoms with Gasteiger partial charge in [-0.2, -0.15) is 17.6 Å². The van der Waals surface area contributed by atoms with E-state index in [1.165, 1.54) is 6.42 Å². The third-order valence-corrected chi connectivity index (χ3v) is 7.86. The van der Waals surface area contributed by atoms with Crippen molar-refractivity contribution >= 4 is 16.1 Å². The maximum Gasteiger partial charge on any atom is 0.396 e. The molecule has 0 aliphatic heterocycles. The van der Waals surface area contributed by atoms with Gasteiger partial charge >= 0.3 is 17.1 Å². The minimum Gasteiger partial charge on any atom is -0.743 e. The third-order valence-electron chi connectivity index (χ3n) is 6.94. The van der Waals surface area contributed by atoms with Gasteiger partial charge in [-0.25, -0.2) is 13.2 Å². The average Bonchev–Trinajstić information content (AvgIpc) is 2.61. The molecule has 172 valence electrons. The Balaban J connectivity index is 1.48. The maximum absolute atomic E-state index is 13.4. The number of halogens is 4. The summed E-state index contributed by atoms with van der Waals surface area (Å²) in [6.45, 7) is 3.88. The van der Waals surface area contributed by atoms with Crippen LogP contribution in [-0.2, 0) is 24.4 Å². The lowest BCUT2D eigenvalue weighted by Crippen LogP contribution is -2.58. The first-order valence-electron chi connectivity index (χ1n) is 9.87. The highest BCUT2D eigenvalue weighted by molar-refractivity contribution is 7.86. The summed E-state index contributed by atoms with van der Waals surface area (Å²) in [5, 5.41) is -5.76. The van der Waals surface area contributed by atoms with Crippen LogP contribution in [0.2, 0.25) is 0 Å². The molecule has 4 fully saturated rings. The third kappa shape index (κ3) is 4.12. The number of carbonyl (C=O) groups is 1. The van der Waals surface area contributed by atoms with Gasteiger partial charge < -0.3 is 14.0 Å². The lowest BCUT2D eigenvalue weighted by Gasteiger charge is -2.59. The summed E-state index contributed by atoms with van der Waals surface area (Å²) in [6, 6.07) is 0. The van der Waals surface area contributed by atoms with Crippen molar-refractivity contribution in [1.82, 2.24) is 0 Å². The fourth-order valence-electron chi connectivity index (χ4n) is 5.34. The van der Waals surface area contributed by atoms with E-state index in [0.717, 1.165) is 25.7 Å². The van der Waals surface area contributed by atoms with Gasteiger partial charge in [-0.15, -0.1) is 0 Å². The molecule has 11 heteroatoms. The van der Waals surface area contributed by atoms with Gasteiger partial charge in [0.25, 0.3) is 0 Å². The van der Waals surface area contributed by atoms with Crippen molar-refractivity contribution in [2.45, 2.75) is 62.2 Å². The fourth-order valence-corrected chi connectivity index (χ4v) is 5.81. The number of alkyl halides is 4. The van der Waals surface area contributed by atoms with Gasteiger partial charge in [0.05, 0.1) is 18.8 Å². The molecular weight excluding hydrogens is 432 g/mol. The molecule has 4 saturated carbocycles. The Bertz CT molecular complexity index is 782. The minimum atomic E-state index is -6.54. The Morgan fingerprint density at radius 1 is 1.10 bits per heavy atom. The first kappa shape index (κ1) is 23.5. The molecule has 30 heavy (non-hydrogen) atoms. The predicted molar refractivity (Wildman–Crippen MR) is 95.7 cm³/mol. The number of ether oxygens (including phenoxy) is 2. The maximum atomic E-state index is 13.4. The number of carbonyl (C=O) groups excluding carboxylic acids is 1. The number of hydrogen-bond acceptors (Lipinski definition) is 6. The van der Waals surface area contributed by atoms with Crippen LogP contribution in [0.3, 0.4) is 0 Å². The first-order chi connectivity index (χ1) is 13.7. The Kier molecular flexibility index (Phi) is 6.05. The molecule has 0 N–H and O–H groups in total. The molecule has 4 rings (SSSR count). The number of rotatable bonds is 9. The van der Waals surface area contributed by atoms with E-state index in [0.29, 0.717) is 11.8 Å². The van der Waals surface area contributed by atoms with Crippen molar-refractivity contribution in [2.24, 2.45) is 23.7 Å². The van der Waals surface area contributed by atoms with Gasteiger partial charge in [-0.3, -0.25) is 0 Å². The van der Waals surface area contributed by atoms with Gasteiger partial charge in [0, 0.05) is 6.42 Å². The zero-order chi connectivity index (χ0) is 22.5. The molecule has 0 saturated heterocycles. The quantitative estimate of drug-likeness (QED) is 0.173. The summed E-state index contributed by atoms with van der Waals surface area (Å²) in [6.07, 6.45) is 3.54. The standard InChI is InChI=1S/C19H26F4O6S/c1-11(10-28-4-3-18(20,21)19(22,23)30(25,26)27)16(24)29-17(2)14-6-12-5-13(8-14)9-15(17)7-12/h12-15H,1,3-10H2,2H3,(H,25,26,27)/p-1. The Morgan fingerprint density at radius 3 is 2.07 bits per heavy atom. The molecule has 6 nitrogen and oxygen atoms in total. The summed E-state index contributed by atoms with van der Waals surface area (Å²) >= 11 is 0. The SMILES string of the molecule is C=C(COCCC(F)(F)C(F)(F)S(=O)(=O)[O-])C(=O)OC1(C)C2CC3CC(C2)CC1C3. The van der Waals surface area contributed by atoms with Crippen LogP contribution in [0, 0.1) is 23.7 Å². The summed E-state index contributed by atoms with van der Waals surface area (Å²) in [4.78, 5) is 12.4. The zero-order valence-corrected chi connectivity index (χ0v) is 17.4. The highest BCUT2D eigenvalue weighted by Crippen LogP contribution is 2.59. The van der Waals surface area contributed by atoms with Gasteiger partial charge in [-0.1, -0.05) is 6.58 Å². The Hall–Kier alpha value is -1.20. The van der Waals surface area contributed by atoms with Gasteiger partial charge in [-0.05, 0) is 62.7 Å². The second kappa shape index (κ2) is 7.74. The Morgan fingerprint density at radius 2 is 1.60 bits per heavy atom. The lowest BCUT2D eigenvalue weighted by atomic mass is 9.50. The molecule has 0 atom stereocenters. The van der Waals surface area contributed by atoms with E-state index in [1.807, 2.05) is 6.92 Å². The zero-order valence-electron chi connectivity index (χ0n) is 16.5. The molecule has 0 aromatic carbocycles. The van der Waals surface area contributed by atoms with E-state index in [-0.39, 0.29) is 17.4 Å². The van der Waals surface area contributed by atoms with Crippen molar-refractivity contribution in [3.05, 3.63) is 12.2 Å². The predicted octanol–water partition coefficient (Wildman–Crippen LogP) is 3.48. The van der Waals surface area contributed by atoms with Crippen LogP contribution < -0.4 is 0 Å². The average molecular weight is 457 g/mol. The first-order valence-corrected chi connectivity index (χ1v) is 11.3. The topological polar surface area (TPSA) is 92.7 Å². The summed E-state index contributed by atoms with van der Waals surface area (Å²) < 4.78 is 94.5. The van der Waals surface area contributed by atoms with Crippen LogP contribution in [0.15, 0.2) is 12.2 Å². The van der Waals surface area contributed by atoms with Crippen LogP contribution in [0.1, 0.15) is 45.4 Å². The fraction of sp³-hybridized carbons (Fsp3) is 0.842. The van der Waals surface area contributed by atoms with E-state index < -0.39 is 52.5 Å². The van der Waals surface area contributed by atoms with Crippen molar-refractivity contribution < 1.29 is 44.8 Å². The molecule has 0 aromatic rings. The van der Waals surface area contributed by atoms with Crippen molar-refractivity contribution in [1.29, 1.82) is 0 Å². The second-order valence-electron chi connectivity index (χ2n) is 8.96. The highest BCUT2D eigenvalue weighted by Gasteiger charge is 2.61. The molecular formula is C19H25F4O6S-. The number of hydrogen-bond donors (Lipinski definition) is 0. The van der Waals surface area contributed by atoms with Crippen LogP contribution in [0.25, 0.3) is 0 Å². The van der Waals surface area contributed by atoms with E-state index >= 15 is 0 Å². The minimum absolute atomic E-state index is 0.156. The van der Waals surface area contributed by atoms with Crippen molar-refractivity contribution in [3.8, 4) is 0 Å². The smallest absolute Gasteiger partial charge is 0.396 e. The van der Waals surface area contributed by atoms with Gasteiger partial charge in [0.2, 0.25) is 0 Å². The molecule has 0 heterocycles. The van der Waals surface area contributed by atoms with E-state index in [4.69, 9.17) is 9.47 Å². The highest BCUT2D eigenvalue weighted by atomic mass is 32.2. The lowest BCUT2D eigenvalue weighted by molar-refractivity contribution is -0.200. The molecule has 0 amide bonds. The summed E-state index contributed by atoms with van der Waals surface area (Å²) in [5.41, 5.74) is -0.776. The van der Waals surface area contributed by atoms with Crippen molar-refractivity contribution in [2.75, 3.05) is 13.2 Å². The van der Waals surface area contributed by atoms with E-state index in [2.05, 4.69) is 6.58 Å². The molecule has 4 aliphatic rings. The van der Waals surface area contributed by atoms with Crippen LogP contribution in [0.5, 0.6) is 0 Å². The summed E-state index contributed by atoms with van der Waals surface area (Å²) in [7, 11) is -6.54. The van der Waals surface area contributed by atoms with Crippen LogP contribution in [0.4, 0.5) is 17.6 Å². The molecule has 4 bridgehead atoms. The second-order valence-corrected chi connectivity index (χ2v) is 10.4. The molecule has 4 aliphatic carbocycles. The van der Waals surface area contributed by atoms with E-state index in [9.17, 15) is 35.3 Å². The molecule has 0 aromatic heterocycles. The normalized spacial score (nSPS) is 33.5. The van der Waals surface area contributed by atoms with Crippen molar-refractivity contribution in [3.63, 3.8) is 0 Å². The molecule has 0 radical (unpaired) electrons. The van der Waals surface area contributed by atoms with Crippen LogP contribution >= 0.6 is 0 Å². The van der Waals surface area contributed by atoms with Gasteiger partial charge in [0.1, 0.15) is 5.60 Å². The monoisotopic (exact) mass is 457 g/mol. The molecule has 0 unspecified atom stereocenters. The van der Waals surface area contributed by atoms with Gasteiger partial charge in [0.15, 0.2) is 10.1 Å². The Labute approximate surface area is 172 Å². The molecule has 0 spiro atoms.